The number of likely N-dealkylation sites (tertiary alicyclic amines) is 1. The summed E-state index contributed by atoms with van der Waals surface area (Å²) < 4.78 is 1.72. The Morgan fingerprint density at radius 1 is 1.03 bits per heavy atom. The summed E-state index contributed by atoms with van der Waals surface area (Å²) in [5, 5.41) is 4.34. The number of piperidine rings is 1. The Balaban J connectivity index is 1.36. The van der Waals surface area contributed by atoms with Crippen molar-refractivity contribution in [2.75, 3.05) is 45.8 Å². The van der Waals surface area contributed by atoms with Crippen molar-refractivity contribution in [3.8, 4) is 0 Å². The number of fused-ring (bicyclic) bond motifs is 1. The van der Waals surface area contributed by atoms with Crippen molar-refractivity contribution in [3.63, 3.8) is 0 Å². The maximum Gasteiger partial charge on any atom is 0.259 e. The van der Waals surface area contributed by atoms with Crippen molar-refractivity contribution in [3.05, 3.63) is 29.2 Å². The number of carbonyl (C=O) groups is 2. The minimum Gasteiger partial charge on any atom is -0.341 e. The molecule has 2 unspecified atom stereocenters. The third kappa shape index (κ3) is 4.19. The number of rotatable bonds is 3. The van der Waals surface area contributed by atoms with E-state index in [0.29, 0.717) is 55.8 Å². The lowest BCUT2D eigenvalue weighted by atomic mass is 9.92. The largest absolute Gasteiger partial charge is 0.341 e. The quantitative estimate of drug-likeness (QED) is 0.766. The van der Waals surface area contributed by atoms with E-state index in [1.165, 1.54) is 6.42 Å². The molecule has 0 saturated carbocycles. The van der Waals surface area contributed by atoms with Gasteiger partial charge in [0.25, 0.3) is 5.91 Å². The number of aromatic nitrogens is 3. The topological polar surface area (TPSA) is 74.1 Å². The average molecular weight is 413 g/mol. The van der Waals surface area contributed by atoms with Crippen LogP contribution in [0.3, 0.4) is 0 Å². The molecule has 2 atom stereocenters. The Labute approximate surface area is 177 Å². The van der Waals surface area contributed by atoms with Gasteiger partial charge in [-0.05, 0) is 38.2 Å². The second-order valence-electron chi connectivity index (χ2n) is 9.15. The monoisotopic (exact) mass is 412 g/mol. The number of carbonyl (C=O) groups excluding carboxylic acids is 2. The Hall–Kier alpha value is -2.48. The van der Waals surface area contributed by atoms with Crippen LogP contribution in [0.4, 0.5) is 0 Å². The number of aryl methyl sites for hydroxylation is 2. The highest BCUT2D eigenvalue weighted by molar-refractivity contribution is 5.99. The third-order valence-corrected chi connectivity index (χ3v) is 6.25. The Morgan fingerprint density at radius 3 is 2.37 bits per heavy atom. The highest BCUT2D eigenvalue weighted by Crippen LogP contribution is 2.21. The minimum absolute atomic E-state index is 0.0350. The molecule has 0 aliphatic carbocycles. The lowest BCUT2D eigenvalue weighted by Crippen LogP contribution is -2.53. The van der Waals surface area contributed by atoms with Crippen LogP contribution >= 0.6 is 0 Å². The first-order valence-corrected chi connectivity index (χ1v) is 10.9. The van der Waals surface area contributed by atoms with Crippen molar-refractivity contribution < 1.29 is 9.59 Å². The summed E-state index contributed by atoms with van der Waals surface area (Å²) in [5.74, 6) is 1.32. The number of nitrogens with zero attached hydrogens (tertiary/aromatic N) is 6. The van der Waals surface area contributed by atoms with E-state index >= 15 is 0 Å². The van der Waals surface area contributed by atoms with Crippen LogP contribution in [-0.4, -0.2) is 86.9 Å². The predicted octanol–water partition coefficient (Wildman–Crippen LogP) is 1.61. The molecule has 4 heterocycles. The second-order valence-corrected chi connectivity index (χ2v) is 9.15. The third-order valence-electron chi connectivity index (χ3n) is 6.25. The van der Waals surface area contributed by atoms with Crippen LogP contribution in [0, 0.1) is 25.7 Å². The zero-order valence-corrected chi connectivity index (χ0v) is 18.5. The maximum absolute atomic E-state index is 13.1. The standard InChI is InChI=1S/C22H32N6O2/c1-15-9-16(2)13-27(12-15)20(29)14-25-5-7-26(8-6-25)22(30)19-11-23-28-18(4)10-17(3)24-21(19)28/h10-11,15-16H,5-9,12-14H2,1-4H3. The van der Waals surface area contributed by atoms with Crippen LogP contribution in [0.5, 0.6) is 0 Å². The highest BCUT2D eigenvalue weighted by Gasteiger charge is 2.29. The molecule has 2 aromatic heterocycles. The Kier molecular flexibility index (Phi) is 5.77. The lowest BCUT2D eigenvalue weighted by molar-refractivity contribution is -0.135. The molecule has 162 valence electrons. The SMILES string of the molecule is Cc1cc(C)n2ncc(C(=O)N3CCN(CC(=O)N4CC(C)CC(C)C4)CC3)c2n1. The molecule has 2 aliphatic rings. The molecule has 2 aliphatic heterocycles. The van der Waals surface area contributed by atoms with Gasteiger partial charge in [-0.25, -0.2) is 9.50 Å². The van der Waals surface area contributed by atoms with Gasteiger partial charge in [0.2, 0.25) is 5.91 Å². The summed E-state index contributed by atoms with van der Waals surface area (Å²) in [5.41, 5.74) is 2.99. The summed E-state index contributed by atoms with van der Waals surface area (Å²) in [6.07, 6.45) is 2.81. The van der Waals surface area contributed by atoms with Gasteiger partial charge in [0.15, 0.2) is 5.65 Å². The van der Waals surface area contributed by atoms with Crippen molar-refractivity contribution in [2.45, 2.75) is 34.1 Å². The fraction of sp³-hybridized carbons (Fsp3) is 0.636. The van der Waals surface area contributed by atoms with Gasteiger partial charge in [-0.1, -0.05) is 13.8 Å². The Bertz CT molecular complexity index is 936. The molecular weight excluding hydrogens is 380 g/mol. The number of hydrogen-bond donors (Lipinski definition) is 0. The zero-order valence-electron chi connectivity index (χ0n) is 18.5. The molecule has 0 aromatic carbocycles. The fourth-order valence-corrected chi connectivity index (χ4v) is 4.86. The van der Waals surface area contributed by atoms with Gasteiger partial charge in [-0.15, -0.1) is 0 Å². The van der Waals surface area contributed by atoms with E-state index in [0.717, 1.165) is 24.5 Å². The summed E-state index contributed by atoms with van der Waals surface area (Å²) in [6, 6.07) is 1.95. The molecule has 0 bridgehead atoms. The van der Waals surface area contributed by atoms with E-state index in [1.54, 1.807) is 10.7 Å². The van der Waals surface area contributed by atoms with Gasteiger partial charge < -0.3 is 9.80 Å². The summed E-state index contributed by atoms with van der Waals surface area (Å²) >= 11 is 0. The smallest absolute Gasteiger partial charge is 0.259 e. The van der Waals surface area contributed by atoms with E-state index in [4.69, 9.17) is 0 Å². The van der Waals surface area contributed by atoms with E-state index in [1.807, 2.05) is 29.7 Å². The molecule has 0 radical (unpaired) electrons. The zero-order chi connectivity index (χ0) is 21.4. The molecule has 8 nitrogen and oxygen atoms in total. The average Bonchev–Trinajstić information content (AvgIpc) is 3.11. The van der Waals surface area contributed by atoms with Crippen molar-refractivity contribution >= 4 is 17.5 Å². The van der Waals surface area contributed by atoms with Crippen LogP contribution in [-0.2, 0) is 4.79 Å². The van der Waals surface area contributed by atoms with Gasteiger partial charge in [-0.2, -0.15) is 5.10 Å². The molecule has 30 heavy (non-hydrogen) atoms. The fourth-order valence-electron chi connectivity index (χ4n) is 4.86. The van der Waals surface area contributed by atoms with Gasteiger partial charge in [0.1, 0.15) is 5.56 Å². The molecule has 2 aromatic rings. The van der Waals surface area contributed by atoms with E-state index < -0.39 is 0 Å². The summed E-state index contributed by atoms with van der Waals surface area (Å²) in [4.78, 5) is 36.4. The lowest BCUT2D eigenvalue weighted by Gasteiger charge is -2.38. The van der Waals surface area contributed by atoms with Crippen LogP contribution in [0.2, 0.25) is 0 Å². The van der Waals surface area contributed by atoms with Gasteiger partial charge in [0.05, 0.1) is 12.7 Å². The van der Waals surface area contributed by atoms with Gasteiger partial charge >= 0.3 is 0 Å². The summed E-state index contributed by atoms with van der Waals surface area (Å²) in [6.45, 7) is 13.1. The predicted molar refractivity (Wildman–Crippen MR) is 114 cm³/mol. The number of amides is 2. The van der Waals surface area contributed by atoms with Crippen molar-refractivity contribution in [2.24, 2.45) is 11.8 Å². The first kappa shape index (κ1) is 20.8. The first-order chi connectivity index (χ1) is 14.3. The first-order valence-electron chi connectivity index (χ1n) is 10.9. The van der Waals surface area contributed by atoms with E-state index in [2.05, 4.69) is 28.8 Å². The van der Waals surface area contributed by atoms with Gasteiger partial charge in [0, 0.05) is 50.7 Å². The number of hydrogen-bond acceptors (Lipinski definition) is 5. The van der Waals surface area contributed by atoms with E-state index in [9.17, 15) is 9.59 Å². The summed E-state index contributed by atoms with van der Waals surface area (Å²) in [7, 11) is 0. The molecule has 8 heteroatoms. The number of piperazine rings is 1. The highest BCUT2D eigenvalue weighted by atomic mass is 16.2. The van der Waals surface area contributed by atoms with Crippen LogP contribution in [0.15, 0.2) is 12.3 Å². The van der Waals surface area contributed by atoms with Crippen LogP contribution < -0.4 is 0 Å². The van der Waals surface area contributed by atoms with Crippen LogP contribution in [0.1, 0.15) is 42.0 Å². The molecule has 2 saturated heterocycles. The molecule has 4 rings (SSSR count). The second kappa shape index (κ2) is 8.34. The minimum atomic E-state index is -0.0350. The Morgan fingerprint density at radius 2 is 1.70 bits per heavy atom. The molecule has 0 N–H and O–H groups in total. The maximum atomic E-state index is 13.1. The normalized spacial score (nSPS) is 23.2. The van der Waals surface area contributed by atoms with Crippen molar-refractivity contribution in [1.82, 2.24) is 29.3 Å². The van der Waals surface area contributed by atoms with Gasteiger partial charge in [-0.3, -0.25) is 14.5 Å². The molecule has 2 amide bonds. The van der Waals surface area contributed by atoms with E-state index in [-0.39, 0.29) is 11.8 Å². The molecule has 2 fully saturated rings. The van der Waals surface area contributed by atoms with Crippen molar-refractivity contribution in [1.29, 1.82) is 0 Å². The van der Waals surface area contributed by atoms with Crippen LogP contribution in [0.25, 0.3) is 5.65 Å². The molecule has 0 spiro atoms. The molecular formula is C22H32N6O2.